The Hall–Kier alpha value is -1.38. The van der Waals surface area contributed by atoms with E-state index >= 15 is 0 Å². The first-order chi connectivity index (χ1) is 11.7. The Kier molecular flexibility index (Phi) is 5.91. The summed E-state index contributed by atoms with van der Waals surface area (Å²) >= 11 is 3.21. The highest BCUT2D eigenvalue weighted by atomic mass is 32.2. The van der Waals surface area contributed by atoms with Crippen molar-refractivity contribution < 1.29 is 9.53 Å². The van der Waals surface area contributed by atoms with E-state index in [1.165, 1.54) is 16.6 Å². The molecule has 6 nitrogen and oxygen atoms in total. The summed E-state index contributed by atoms with van der Waals surface area (Å²) < 4.78 is 7.18. The maximum atomic E-state index is 12.1. The number of nitrogens with one attached hydrogen (secondary N) is 1. The molecule has 0 spiro atoms. The molecule has 0 bridgehead atoms. The molecule has 1 fully saturated rings. The van der Waals surface area contributed by atoms with Crippen LogP contribution in [0.25, 0.3) is 0 Å². The number of methoxy groups -OCH3 is 1. The maximum Gasteiger partial charge on any atom is 0.233 e. The number of ether oxygens (including phenoxy) is 1. The third kappa shape index (κ3) is 4.37. The summed E-state index contributed by atoms with van der Waals surface area (Å²) in [6.45, 7) is 2.95. The summed E-state index contributed by atoms with van der Waals surface area (Å²) in [6, 6.07) is 4.66. The van der Waals surface area contributed by atoms with Gasteiger partial charge < -0.3 is 14.6 Å². The number of carbonyl (C=O) groups is 1. The summed E-state index contributed by atoms with van der Waals surface area (Å²) in [7, 11) is 1.62. The second kappa shape index (κ2) is 8.13. The number of rotatable bonds is 9. The summed E-state index contributed by atoms with van der Waals surface area (Å²) in [6.07, 6.45) is 3.13. The van der Waals surface area contributed by atoms with Gasteiger partial charge in [0.25, 0.3) is 0 Å². The molecule has 0 aromatic carbocycles. The molecular formula is C16H22N4O2S2. The van der Waals surface area contributed by atoms with Gasteiger partial charge in [0.15, 0.2) is 5.16 Å². The third-order valence-electron chi connectivity index (χ3n) is 3.82. The minimum absolute atomic E-state index is 0.00204. The van der Waals surface area contributed by atoms with Crippen molar-refractivity contribution in [1.82, 2.24) is 20.1 Å². The Morgan fingerprint density at radius 3 is 3.04 bits per heavy atom. The number of hydrogen-bond acceptors (Lipinski definition) is 6. The molecule has 0 unspecified atom stereocenters. The molecule has 0 radical (unpaired) electrons. The molecular weight excluding hydrogens is 344 g/mol. The number of hydrogen-bond donors (Lipinski definition) is 1. The average molecular weight is 367 g/mol. The topological polar surface area (TPSA) is 69.0 Å². The largest absolute Gasteiger partial charge is 0.383 e. The van der Waals surface area contributed by atoms with E-state index in [-0.39, 0.29) is 11.2 Å². The average Bonchev–Trinajstić information content (AvgIpc) is 3.13. The van der Waals surface area contributed by atoms with Gasteiger partial charge in [0.05, 0.1) is 11.9 Å². The molecule has 1 saturated carbocycles. The Balaban J connectivity index is 1.67. The van der Waals surface area contributed by atoms with E-state index in [0.29, 0.717) is 19.2 Å². The molecule has 1 atom stereocenters. The second-order valence-electron chi connectivity index (χ2n) is 5.80. The quantitative estimate of drug-likeness (QED) is 0.545. The highest BCUT2D eigenvalue weighted by Crippen LogP contribution is 2.40. The predicted molar refractivity (Wildman–Crippen MR) is 95.6 cm³/mol. The summed E-state index contributed by atoms with van der Waals surface area (Å²) in [4.78, 5) is 13.4. The van der Waals surface area contributed by atoms with Gasteiger partial charge in [-0.25, -0.2) is 0 Å². The standard InChI is InChI=1S/C16H22N4O2S2/c1-11(15(21)17-7-8-22-2)24-16-19-18-14(20(16)12-5-6-12)10-13-4-3-9-23-13/h3-4,9,11-12H,5-8,10H2,1-2H3,(H,17,21)/t11-/m0/s1. The van der Waals surface area contributed by atoms with Crippen LogP contribution in [-0.4, -0.2) is 46.2 Å². The highest BCUT2D eigenvalue weighted by molar-refractivity contribution is 8.00. The molecule has 0 saturated heterocycles. The van der Waals surface area contributed by atoms with Crippen LogP contribution in [0.15, 0.2) is 22.7 Å². The van der Waals surface area contributed by atoms with E-state index in [1.807, 2.05) is 6.92 Å². The van der Waals surface area contributed by atoms with E-state index < -0.39 is 0 Å². The fraction of sp³-hybridized carbons (Fsp3) is 0.562. The zero-order chi connectivity index (χ0) is 16.9. The molecule has 8 heteroatoms. The van der Waals surface area contributed by atoms with Crippen LogP contribution in [0.4, 0.5) is 0 Å². The van der Waals surface area contributed by atoms with Gasteiger partial charge in [-0.05, 0) is 31.2 Å². The van der Waals surface area contributed by atoms with Gasteiger partial charge in [-0.2, -0.15) is 0 Å². The van der Waals surface area contributed by atoms with Crippen LogP contribution < -0.4 is 5.32 Å². The van der Waals surface area contributed by atoms with Gasteiger partial charge in [0.1, 0.15) is 5.82 Å². The number of thioether (sulfide) groups is 1. The summed E-state index contributed by atoms with van der Waals surface area (Å²) in [5, 5.41) is 14.3. The summed E-state index contributed by atoms with van der Waals surface area (Å²) in [5.74, 6) is 0.997. The minimum atomic E-state index is -0.210. The molecule has 2 aromatic rings. The molecule has 1 aliphatic rings. The van der Waals surface area contributed by atoms with Gasteiger partial charge in [0.2, 0.25) is 5.91 Å². The second-order valence-corrected chi connectivity index (χ2v) is 8.14. The monoisotopic (exact) mass is 366 g/mol. The molecule has 2 aromatic heterocycles. The fourth-order valence-corrected chi connectivity index (χ4v) is 4.07. The van der Waals surface area contributed by atoms with Crippen LogP contribution >= 0.6 is 23.1 Å². The minimum Gasteiger partial charge on any atom is -0.383 e. The molecule has 1 aliphatic carbocycles. The molecule has 2 heterocycles. The van der Waals surface area contributed by atoms with E-state index in [1.54, 1.807) is 18.4 Å². The molecule has 3 rings (SSSR count). The van der Waals surface area contributed by atoms with Crippen LogP contribution in [0.3, 0.4) is 0 Å². The lowest BCUT2D eigenvalue weighted by Crippen LogP contribution is -2.33. The number of amides is 1. The summed E-state index contributed by atoms with van der Waals surface area (Å²) in [5.41, 5.74) is 0. The molecule has 1 N–H and O–H groups in total. The van der Waals surface area contributed by atoms with Crippen molar-refractivity contribution in [3.8, 4) is 0 Å². The smallest absolute Gasteiger partial charge is 0.233 e. The van der Waals surface area contributed by atoms with Crippen molar-refractivity contribution in [2.75, 3.05) is 20.3 Å². The first-order valence-corrected chi connectivity index (χ1v) is 9.84. The maximum absolute atomic E-state index is 12.1. The van der Waals surface area contributed by atoms with Crippen molar-refractivity contribution in [2.45, 2.75) is 42.6 Å². The first kappa shape index (κ1) is 17.4. The molecule has 0 aliphatic heterocycles. The Morgan fingerprint density at radius 2 is 2.38 bits per heavy atom. The van der Waals surface area contributed by atoms with Crippen LogP contribution in [0.5, 0.6) is 0 Å². The van der Waals surface area contributed by atoms with E-state index in [4.69, 9.17) is 4.74 Å². The third-order valence-corrected chi connectivity index (χ3v) is 5.75. The van der Waals surface area contributed by atoms with Crippen LogP contribution in [0.2, 0.25) is 0 Å². The predicted octanol–water partition coefficient (Wildman–Crippen LogP) is 2.51. The Morgan fingerprint density at radius 1 is 1.54 bits per heavy atom. The molecule has 1 amide bonds. The zero-order valence-electron chi connectivity index (χ0n) is 13.9. The van der Waals surface area contributed by atoms with Crippen molar-refractivity contribution in [2.24, 2.45) is 0 Å². The SMILES string of the molecule is COCCNC(=O)[C@H](C)Sc1nnc(Cc2cccs2)n1C1CC1. The van der Waals surface area contributed by atoms with Crippen molar-refractivity contribution in [3.63, 3.8) is 0 Å². The lowest BCUT2D eigenvalue weighted by molar-refractivity contribution is -0.120. The van der Waals surface area contributed by atoms with Gasteiger partial charge >= 0.3 is 0 Å². The fourth-order valence-electron chi connectivity index (χ4n) is 2.41. The van der Waals surface area contributed by atoms with Gasteiger partial charge in [-0.3, -0.25) is 4.79 Å². The Labute approximate surface area is 150 Å². The van der Waals surface area contributed by atoms with Crippen molar-refractivity contribution in [1.29, 1.82) is 0 Å². The highest BCUT2D eigenvalue weighted by Gasteiger charge is 2.31. The van der Waals surface area contributed by atoms with Gasteiger partial charge in [0, 0.05) is 31.0 Å². The molecule has 24 heavy (non-hydrogen) atoms. The van der Waals surface area contributed by atoms with E-state index in [0.717, 1.165) is 30.2 Å². The Bertz CT molecular complexity index is 668. The lowest BCUT2D eigenvalue weighted by atomic mass is 10.3. The lowest BCUT2D eigenvalue weighted by Gasteiger charge is -2.13. The normalized spacial score (nSPS) is 15.4. The molecule has 130 valence electrons. The van der Waals surface area contributed by atoms with Crippen LogP contribution in [0, 0.1) is 0 Å². The zero-order valence-corrected chi connectivity index (χ0v) is 15.5. The number of nitrogens with zero attached hydrogens (tertiary/aromatic N) is 3. The van der Waals surface area contributed by atoms with Crippen LogP contribution in [-0.2, 0) is 16.0 Å². The van der Waals surface area contributed by atoms with E-state index in [2.05, 4.69) is 37.6 Å². The number of aromatic nitrogens is 3. The van der Waals surface area contributed by atoms with Gasteiger partial charge in [-0.1, -0.05) is 17.8 Å². The number of carbonyl (C=O) groups excluding carboxylic acids is 1. The van der Waals surface area contributed by atoms with Gasteiger partial charge in [-0.15, -0.1) is 21.5 Å². The van der Waals surface area contributed by atoms with Crippen LogP contribution in [0.1, 0.15) is 36.5 Å². The number of thiophene rings is 1. The van der Waals surface area contributed by atoms with E-state index in [9.17, 15) is 4.79 Å². The van der Waals surface area contributed by atoms with Crippen molar-refractivity contribution >= 4 is 29.0 Å². The first-order valence-electron chi connectivity index (χ1n) is 8.08. The van der Waals surface area contributed by atoms with Crippen molar-refractivity contribution in [3.05, 3.63) is 28.2 Å².